The van der Waals surface area contributed by atoms with Gasteiger partial charge >= 0.3 is 0 Å². The molecule has 2 heterocycles. The van der Waals surface area contributed by atoms with E-state index in [0.29, 0.717) is 19.0 Å². The molecule has 1 aromatic carbocycles. The highest BCUT2D eigenvalue weighted by Gasteiger charge is 2.32. The lowest BCUT2D eigenvalue weighted by Crippen LogP contribution is -2.52. The summed E-state index contributed by atoms with van der Waals surface area (Å²) in [5.74, 6) is 0.254. The largest absolute Gasteiger partial charge is 0.459 e. The number of nitrogens with one attached hydrogen (secondary N) is 1. The maximum absolute atomic E-state index is 13.0. The van der Waals surface area contributed by atoms with E-state index in [2.05, 4.69) is 17.4 Å². The molecule has 6 heteroatoms. The standard InChI is InChI=1S/C21H25ClN2O3/c1-14(2)19(23-20(25)18-4-3-13-27-18)21(26)24-11-9-16(10-12-24)15-5-7-17(22)8-6-15/h3-8,13-14,16,19H,9-12H2,1-2H3,(H,23,25). The Morgan fingerprint density at radius 1 is 1.15 bits per heavy atom. The van der Waals surface area contributed by atoms with Crippen LogP contribution in [0.15, 0.2) is 47.1 Å². The van der Waals surface area contributed by atoms with Gasteiger partial charge in [-0.3, -0.25) is 9.59 Å². The van der Waals surface area contributed by atoms with Crippen LogP contribution in [-0.4, -0.2) is 35.8 Å². The van der Waals surface area contributed by atoms with Crippen molar-refractivity contribution in [3.8, 4) is 0 Å². The fourth-order valence-electron chi connectivity index (χ4n) is 3.50. The summed E-state index contributed by atoms with van der Waals surface area (Å²) in [6.45, 7) is 5.24. The minimum absolute atomic E-state index is 0.00889. The molecule has 1 unspecified atom stereocenters. The van der Waals surface area contributed by atoms with Gasteiger partial charge in [0.2, 0.25) is 5.91 Å². The van der Waals surface area contributed by atoms with E-state index in [1.165, 1.54) is 11.8 Å². The summed E-state index contributed by atoms with van der Waals surface area (Å²) in [6, 6.07) is 10.6. The van der Waals surface area contributed by atoms with Gasteiger partial charge in [0.1, 0.15) is 6.04 Å². The SMILES string of the molecule is CC(C)C(NC(=O)c1ccco1)C(=O)N1CCC(c2ccc(Cl)cc2)CC1. The topological polar surface area (TPSA) is 62.6 Å². The van der Waals surface area contributed by atoms with Crippen LogP contribution in [0.25, 0.3) is 0 Å². The van der Waals surface area contributed by atoms with Crippen LogP contribution in [0.4, 0.5) is 0 Å². The molecular formula is C21H25ClN2O3. The van der Waals surface area contributed by atoms with Gasteiger partial charge in [-0.15, -0.1) is 0 Å². The lowest BCUT2D eigenvalue weighted by molar-refractivity contribution is -0.135. The zero-order valence-electron chi connectivity index (χ0n) is 15.7. The molecule has 0 bridgehead atoms. The minimum atomic E-state index is -0.560. The molecule has 1 fully saturated rings. The van der Waals surface area contributed by atoms with Crippen molar-refractivity contribution >= 4 is 23.4 Å². The zero-order valence-corrected chi connectivity index (χ0v) is 16.4. The number of nitrogens with zero attached hydrogens (tertiary/aromatic N) is 1. The van der Waals surface area contributed by atoms with Gasteiger partial charge in [0.05, 0.1) is 6.26 Å². The lowest BCUT2D eigenvalue weighted by Gasteiger charge is -2.35. The number of carbonyl (C=O) groups is 2. The van der Waals surface area contributed by atoms with Gasteiger partial charge in [-0.25, -0.2) is 0 Å². The number of amides is 2. The van der Waals surface area contributed by atoms with Crippen LogP contribution >= 0.6 is 11.6 Å². The molecule has 1 aliphatic heterocycles. The fraction of sp³-hybridized carbons (Fsp3) is 0.429. The summed E-state index contributed by atoms with van der Waals surface area (Å²) in [7, 11) is 0. The maximum Gasteiger partial charge on any atom is 0.287 e. The molecule has 0 radical (unpaired) electrons. The summed E-state index contributed by atoms with van der Waals surface area (Å²) in [5, 5.41) is 3.56. The van der Waals surface area contributed by atoms with Gasteiger partial charge in [-0.1, -0.05) is 37.6 Å². The molecule has 0 aliphatic carbocycles. The molecule has 1 saturated heterocycles. The number of furan rings is 1. The predicted octanol–water partition coefficient (Wildman–Crippen LogP) is 4.09. The molecule has 2 aromatic rings. The highest BCUT2D eigenvalue weighted by molar-refractivity contribution is 6.30. The van der Waals surface area contributed by atoms with Gasteiger partial charge in [-0.05, 0) is 54.5 Å². The van der Waals surface area contributed by atoms with E-state index >= 15 is 0 Å². The summed E-state index contributed by atoms with van der Waals surface area (Å²) in [6.07, 6.45) is 3.26. The summed E-state index contributed by atoms with van der Waals surface area (Å²) >= 11 is 5.96. The third kappa shape index (κ3) is 4.72. The van der Waals surface area contributed by atoms with E-state index in [1.54, 1.807) is 12.1 Å². The number of piperidine rings is 1. The van der Waals surface area contributed by atoms with E-state index in [0.717, 1.165) is 17.9 Å². The van der Waals surface area contributed by atoms with Crippen molar-refractivity contribution in [3.05, 3.63) is 59.0 Å². The quantitative estimate of drug-likeness (QED) is 0.838. The van der Waals surface area contributed by atoms with E-state index in [4.69, 9.17) is 16.0 Å². The van der Waals surface area contributed by atoms with Crippen molar-refractivity contribution in [1.29, 1.82) is 0 Å². The van der Waals surface area contributed by atoms with Crippen LogP contribution < -0.4 is 5.32 Å². The summed E-state index contributed by atoms with van der Waals surface area (Å²) < 4.78 is 5.13. The normalized spacial score (nSPS) is 16.4. The second-order valence-corrected chi connectivity index (χ2v) is 7.76. The molecule has 0 spiro atoms. The number of hydrogen-bond acceptors (Lipinski definition) is 3. The van der Waals surface area contributed by atoms with E-state index in [-0.39, 0.29) is 23.5 Å². The third-order valence-corrected chi connectivity index (χ3v) is 5.36. The van der Waals surface area contributed by atoms with Crippen molar-refractivity contribution in [2.75, 3.05) is 13.1 Å². The van der Waals surface area contributed by atoms with Gasteiger partial charge in [0.15, 0.2) is 5.76 Å². The summed E-state index contributed by atoms with van der Waals surface area (Å²) in [4.78, 5) is 27.1. The first-order chi connectivity index (χ1) is 13.0. The molecule has 3 rings (SSSR count). The molecule has 1 aliphatic rings. The zero-order chi connectivity index (χ0) is 19.4. The van der Waals surface area contributed by atoms with E-state index in [1.807, 2.05) is 30.9 Å². The Hall–Kier alpha value is -2.27. The Bertz CT molecular complexity index is 763. The molecule has 144 valence electrons. The second kappa shape index (κ2) is 8.61. The van der Waals surface area contributed by atoms with Gasteiger partial charge in [0, 0.05) is 18.1 Å². The van der Waals surface area contributed by atoms with Gasteiger partial charge in [-0.2, -0.15) is 0 Å². The number of benzene rings is 1. The van der Waals surface area contributed by atoms with Crippen LogP contribution in [0.2, 0.25) is 5.02 Å². The van der Waals surface area contributed by atoms with Crippen LogP contribution in [0.5, 0.6) is 0 Å². The van der Waals surface area contributed by atoms with Crippen molar-refractivity contribution in [1.82, 2.24) is 10.2 Å². The van der Waals surface area contributed by atoms with E-state index < -0.39 is 6.04 Å². The molecule has 1 atom stereocenters. The van der Waals surface area contributed by atoms with Crippen LogP contribution in [0.1, 0.15) is 48.7 Å². The van der Waals surface area contributed by atoms with Crippen molar-refractivity contribution in [2.24, 2.45) is 5.92 Å². The average Bonchev–Trinajstić information content (AvgIpc) is 3.21. The molecule has 2 amide bonds. The van der Waals surface area contributed by atoms with Crippen molar-refractivity contribution in [2.45, 2.75) is 38.6 Å². The van der Waals surface area contributed by atoms with Gasteiger partial charge < -0.3 is 14.6 Å². The molecule has 5 nitrogen and oxygen atoms in total. The highest BCUT2D eigenvalue weighted by atomic mass is 35.5. The first kappa shape index (κ1) is 19.5. The van der Waals surface area contributed by atoms with Crippen LogP contribution in [-0.2, 0) is 4.79 Å². The Kier molecular flexibility index (Phi) is 6.22. The number of likely N-dealkylation sites (tertiary alicyclic amines) is 1. The van der Waals surface area contributed by atoms with Crippen LogP contribution in [0.3, 0.4) is 0 Å². The molecule has 1 N–H and O–H groups in total. The Labute approximate surface area is 164 Å². The Morgan fingerprint density at radius 3 is 2.37 bits per heavy atom. The highest BCUT2D eigenvalue weighted by Crippen LogP contribution is 2.29. The van der Waals surface area contributed by atoms with Crippen molar-refractivity contribution in [3.63, 3.8) is 0 Å². The molecular weight excluding hydrogens is 364 g/mol. The Morgan fingerprint density at radius 2 is 1.81 bits per heavy atom. The Balaban J connectivity index is 1.60. The summed E-state index contributed by atoms with van der Waals surface area (Å²) in [5.41, 5.74) is 1.26. The number of halogens is 1. The van der Waals surface area contributed by atoms with Gasteiger partial charge in [0.25, 0.3) is 5.91 Å². The predicted molar refractivity (Wildman–Crippen MR) is 105 cm³/mol. The molecule has 0 saturated carbocycles. The lowest BCUT2D eigenvalue weighted by atomic mass is 9.89. The first-order valence-electron chi connectivity index (χ1n) is 9.34. The fourth-order valence-corrected chi connectivity index (χ4v) is 3.62. The third-order valence-electron chi connectivity index (χ3n) is 5.11. The minimum Gasteiger partial charge on any atom is -0.459 e. The number of carbonyl (C=O) groups excluding carboxylic acids is 2. The smallest absolute Gasteiger partial charge is 0.287 e. The van der Waals surface area contributed by atoms with Crippen LogP contribution in [0, 0.1) is 5.92 Å². The van der Waals surface area contributed by atoms with Crippen molar-refractivity contribution < 1.29 is 14.0 Å². The molecule has 27 heavy (non-hydrogen) atoms. The maximum atomic E-state index is 13.0. The average molecular weight is 389 g/mol. The second-order valence-electron chi connectivity index (χ2n) is 7.32. The monoisotopic (exact) mass is 388 g/mol. The first-order valence-corrected chi connectivity index (χ1v) is 9.72. The number of rotatable bonds is 5. The molecule has 1 aromatic heterocycles. The number of hydrogen-bond donors (Lipinski definition) is 1. The van der Waals surface area contributed by atoms with E-state index in [9.17, 15) is 9.59 Å².